The zero-order chi connectivity index (χ0) is 20.1. The lowest BCUT2D eigenvalue weighted by molar-refractivity contribution is -0.149. The molecule has 2 aromatic carbocycles. The molecule has 3 rings (SSSR count). The molecule has 2 N–H and O–H groups in total. The molecule has 3 aromatic rings. The van der Waals surface area contributed by atoms with E-state index in [1.54, 1.807) is 62.4 Å². The molecule has 0 fully saturated rings. The molecule has 0 aliphatic heterocycles. The van der Waals surface area contributed by atoms with E-state index in [1.807, 2.05) is 6.07 Å². The Hall–Kier alpha value is -3.48. The van der Waals surface area contributed by atoms with Crippen molar-refractivity contribution in [3.8, 4) is 0 Å². The van der Waals surface area contributed by atoms with E-state index in [9.17, 15) is 14.4 Å². The molecular formula is C21H21N3O4. The number of hydrogen-bond donors (Lipinski definition) is 2. The molecule has 0 saturated carbocycles. The van der Waals surface area contributed by atoms with Crippen molar-refractivity contribution >= 4 is 22.8 Å². The van der Waals surface area contributed by atoms with Crippen molar-refractivity contribution in [1.82, 2.24) is 15.3 Å². The number of esters is 1. The number of rotatable bonds is 6. The van der Waals surface area contributed by atoms with Crippen molar-refractivity contribution in [2.45, 2.75) is 32.4 Å². The maximum Gasteiger partial charge on any atom is 0.308 e. The summed E-state index contributed by atoms with van der Waals surface area (Å²) in [6.07, 6.45) is -0.720. The van der Waals surface area contributed by atoms with Crippen LogP contribution in [0.5, 0.6) is 0 Å². The monoisotopic (exact) mass is 379 g/mol. The molecule has 7 heteroatoms. The van der Waals surface area contributed by atoms with Crippen LogP contribution in [0, 0.1) is 0 Å². The number of ether oxygens (including phenoxy) is 1. The Balaban J connectivity index is 1.60. The fraction of sp³-hybridized carbons (Fsp3) is 0.238. The average molecular weight is 379 g/mol. The first kappa shape index (κ1) is 19.3. The summed E-state index contributed by atoms with van der Waals surface area (Å²) in [6.45, 7) is 3.36. The van der Waals surface area contributed by atoms with Crippen molar-refractivity contribution in [3.63, 3.8) is 0 Å². The van der Waals surface area contributed by atoms with Crippen LogP contribution >= 0.6 is 0 Å². The highest BCUT2D eigenvalue weighted by atomic mass is 16.5. The van der Waals surface area contributed by atoms with Gasteiger partial charge in [-0.15, -0.1) is 0 Å². The van der Waals surface area contributed by atoms with Gasteiger partial charge >= 0.3 is 5.97 Å². The van der Waals surface area contributed by atoms with Crippen LogP contribution in [0.4, 0.5) is 0 Å². The Kier molecular flexibility index (Phi) is 5.84. The summed E-state index contributed by atoms with van der Waals surface area (Å²) in [5.41, 5.74) is 0.772. The lowest BCUT2D eigenvalue weighted by Gasteiger charge is -2.16. The largest absolute Gasteiger partial charge is 0.454 e. The van der Waals surface area contributed by atoms with Crippen LogP contribution in [0.15, 0.2) is 59.4 Å². The van der Waals surface area contributed by atoms with E-state index < -0.39 is 18.1 Å². The first-order valence-electron chi connectivity index (χ1n) is 8.98. The average Bonchev–Trinajstić information content (AvgIpc) is 2.68. The Bertz CT molecular complexity index is 1050. The third-order valence-corrected chi connectivity index (χ3v) is 4.21. The van der Waals surface area contributed by atoms with Gasteiger partial charge in [-0.2, -0.15) is 0 Å². The predicted molar refractivity (Wildman–Crippen MR) is 105 cm³/mol. The first-order chi connectivity index (χ1) is 13.4. The van der Waals surface area contributed by atoms with Gasteiger partial charge in [-0.05, 0) is 38.1 Å². The zero-order valence-electron chi connectivity index (χ0n) is 15.6. The van der Waals surface area contributed by atoms with E-state index in [1.165, 1.54) is 0 Å². The number of nitrogens with zero attached hydrogens (tertiary/aromatic N) is 1. The molecule has 0 bridgehead atoms. The summed E-state index contributed by atoms with van der Waals surface area (Å²) in [4.78, 5) is 43.5. The summed E-state index contributed by atoms with van der Waals surface area (Å²) in [5.74, 6) is -0.475. The number of carbonyl (C=O) groups is 2. The molecule has 0 aliphatic rings. The first-order valence-corrected chi connectivity index (χ1v) is 8.98. The highest BCUT2D eigenvalue weighted by Gasteiger charge is 2.19. The van der Waals surface area contributed by atoms with Crippen LogP contribution < -0.4 is 10.9 Å². The molecule has 0 radical (unpaired) electrons. The minimum atomic E-state index is -0.721. The second-order valence-electron chi connectivity index (χ2n) is 6.55. The maximum absolute atomic E-state index is 12.2. The molecule has 7 nitrogen and oxygen atoms in total. The number of aromatic amines is 1. The maximum atomic E-state index is 12.2. The Labute approximate surface area is 161 Å². The number of aromatic nitrogens is 2. The minimum Gasteiger partial charge on any atom is -0.454 e. The molecule has 2 unspecified atom stereocenters. The van der Waals surface area contributed by atoms with Gasteiger partial charge in [-0.1, -0.05) is 30.3 Å². The SMILES string of the molecule is CC(CC(=O)OC(C)c1nc2ccccc2c(=O)[nH]1)NC(=O)c1ccccc1. The number of carbonyl (C=O) groups excluding carboxylic acids is 2. The second kappa shape index (κ2) is 8.47. The normalized spacial score (nSPS) is 12.9. The number of para-hydroxylation sites is 1. The molecule has 28 heavy (non-hydrogen) atoms. The van der Waals surface area contributed by atoms with Gasteiger partial charge in [0.15, 0.2) is 11.9 Å². The van der Waals surface area contributed by atoms with Gasteiger partial charge in [-0.25, -0.2) is 4.98 Å². The number of hydrogen-bond acceptors (Lipinski definition) is 5. The van der Waals surface area contributed by atoms with Crippen molar-refractivity contribution in [1.29, 1.82) is 0 Å². The number of benzene rings is 2. The van der Waals surface area contributed by atoms with Gasteiger partial charge in [0.1, 0.15) is 0 Å². The van der Waals surface area contributed by atoms with Crippen LogP contribution in [0.25, 0.3) is 10.9 Å². The van der Waals surface area contributed by atoms with Gasteiger partial charge in [0.2, 0.25) is 0 Å². The van der Waals surface area contributed by atoms with Gasteiger partial charge in [0, 0.05) is 11.6 Å². The molecule has 2 atom stereocenters. The fourth-order valence-corrected chi connectivity index (χ4v) is 2.80. The number of H-pyrrole nitrogens is 1. The van der Waals surface area contributed by atoms with Gasteiger partial charge in [0.05, 0.1) is 17.3 Å². The lowest BCUT2D eigenvalue weighted by atomic mass is 10.2. The Morgan fingerprint density at radius 2 is 1.75 bits per heavy atom. The predicted octanol–water partition coefficient (Wildman–Crippen LogP) is 2.74. The van der Waals surface area contributed by atoms with E-state index >= 15 is 0 Å². The molecule has 0 spiro atoms. The second-order valence-corrected chi connectivity index (χ2v) is 6.55. The van der Waals surface area contributed by atoms with Crippen molar-refractivity contribution in [2.75, 3.05) is 0 Å². The van der Waals surface area contributed by atoms with Crippen LogP contribution in [-0.4, -0.2) is 27.9 Å². The molecule has 0 saturated heterocycles. The highest BCUT2D eigenvalue weighted by Crippen LogP contribution is 2.15. The third-order valence-electron chi connectivity index (χ3n) is 4.21. The quantitative estimate of drug-likeness (QED) is 0.641. The summed E-state index contributed by atoms with van der Waals surface area (Å²) >= 11 is 0. The Morgan fingerprint density at radius 1 is 1.07 bits per heavy atom. The highest BCUT2D eigenvalue weighted by molar-refractivity contribution is 5.94. The van der Waals surface area contributed by atoms with Gasteiger partial charge in [-0.3, -0.25) is 14.4 Å². The molecule has 1 amide bonds. The fourth-order valence-electron chi connectivity index (χ4n) is 2.80. The third kappa shape index (κ3) is 4.62. The van der Waals surface area contributed by atoms with E-state index in [2.05, 4.69) is 15.3 Å². The van der Waals surface area contributed by atoms with Crippen LogP contribution in [0.3, 0.4) is 0 Å². The summed E-state index contributed by atoms with van der Waals surface area (Å²) in [6, 6.07) is 15.3. The molecule has 0 aliphatic carbocycles. The smallest absolute Gasteiger partial charge is 0.308 e. The molecule has 1 aromatic heterocycles. The van der Waals surface area contributed by atoms with Gasteiger partial charge < -0.3 is 15.0 Å². The summed E-state index contributed by atoms with van der Waals surface area (Å²) in [7, 11) is 0. The van der Waals surface area contributed by atoms with Crippen LogP contribution in [-0.2, 0) is 9.53 Å². The van der Waals surface area contributed by atoms with Crippen LogP contribution in [0.1, 0.15) is 42.6 Å². The molecule has 1 heterocycles. The van der Waals surface area contributed by atoms with Crippen molar-refractivity contribution in [3.05, 3.63) is 76.3 Å². The molecular weight excluding hydrogens is 358 g/mol. The summed E-state index contributed by atoms with van der Waals surface area (Å²) < 4.78 is 5.38. The zero-order valence-corrected chi connectivity index (χ0v) is 15.6. The number of nitrogens with one attached hydrogen (secondary N) is 2. The number of fused-ring (bicyclic) bond motifs is 1. The van der Waals surface area contributed by atoms with E-state index in [0.29, 0.717) is 16.5 Å². The summed E-state index contributed by atoms with van der Waals surface area (Å²) in [5, 5.41) is 3.23. The Morgan fingerprint density at radius 3 is 2.50 bits per heavy atom. The van der Waals surface area contributed by atoms with Crippen molar-refractivity contribution < 1.29 is 14.3 Å². The molecule has 144 valence electrons. The number of amides is 1. The van der Waals surface area contributed by atoms with E-state index in [4.69, 9.17) is 4.74 Å². The topological polar surface area (TPSA) is 101 Å². The van der Waals surface area contributed by atoms with Gasteiger partial charge in [0.25, 0.3) is 11.5 Å². The standard InChI is InChI=1S/C21H21N3O4/c1-13(22-20(26)15-8-4-3-5-9-15)12-18(25)28-14(2)19-23-17-11-7-6-10-16(17)21(27)24-19/h3-11,13-14H,12H2,1-2H3,(H,22,26)(H,23,24,27). The van der Waals surface area contributed by atoms with E-state index in [0.717, 1.165) is 0 Å². The van der Waals surface area contributed by atoms with Crippen LogP contribution in [0.2, 0.25) is 0 Å². The lowest BCUT2D eigenvalue weighted by Crippen LogP contribution is -2.34. The minimum absolute atomic E-state index is 0.000721. The van der Waals surface area contributed by atoms with E-state index in [-0.39, 0.29) is 23.7 Å². The van der Waals surface area contributed by atoms with Crippen molar-refractivity contribution in [2.24, 2.45) is 0 Å².